The van der Waals surface area contributed by atoms with Gasteiger partial charge < -0.3 is 4.74 Å². The third kappa shape index (κ3) is 6.12. The predicted molar refractivity (Wildman–Crippen MR) is 134 cm³/mol. The molecule has 1 heterocycles. The van der Waals surface area contributed by atoms with Crippen LogP contribution in [-0.2, 0) is 0 Å². The van der Waals surface area contributed by atoms with Gasteiger partial charge in [-0.3, -0.25) is 9.69 Å². The smallest absolute Gasteiger partial charge is 0.255 e. The molecule has 1 atom stereocenters. The maximum absolute atomic E-state index is 14.3. The third-order valence-electron chi connectivity index (χ3n) is 6.37. The molecule has 8 heteroatoms. The Hall–Kier alpha value is -0.980. The fourth-order valence-electron chi connectivity index (χ4n) is 4.30. The van der Waals surface area contributed by atoms with Crippen LogP contribution < -0.4 is 4.74 Å². The molecule has 3 nitrogen and oxygen atoms in total. The van der Waals surface area contributed by atoms with Gasteiger partial charge in [0.1, 0.15) is 11.6 Å². The van der Waals surface area contributed by atoms with Gasteiger partial charge in [0, 0.05) is 22.2 Å². The van der Waals surface area contributed by atoms with Gasteiger partial charge in [0.05, 0.1) is 12.2 Å². The van der Waals surface area contributed by atoms with Crippen molar-refractivity contribution in [2.45, 2.75) is 44.6 Å². The Kier molecular flexibility index (Phi) is 8.78. The number of rotatable bonds is 7. The van der Waals surface area contributed by atoms with Gasteiger partial charge in [-0.05, 0) is 105 Å². The van der Waals surface area contributed by atoms with E-state index in [2.05, 4.69) is 11.8 Å². The van der Waals surface area contributed by atoms with Crippen molar-refractivity contribution < 1.29 is 13.9 Å². The van der Waals surface area contributed by atoms with Crippen LogP contribution in [0, 0.1) is 11.7 Å². The van der Waals surface area contributed by atoms with Crippen LogP contribution in [0.1, 0.15) is 66.1 Å². The van der Waals surface area contributed by atoms with E-state index in [-0.39, 0.29) is 25.1 Å². The number of ether oxygens (including phenoxy) is 1. The molecule has 0 bridgehead atoms. The highest BCUT2D eigenvalue weighted by Gasteiger charge is 2.30. The molecule has 0 unspecified atom stereocenters. The quantitative estimate of drug-likeness (QED) is 0.359. The number of carbonyl (C=O) groups excluding carboxylic acids is 1. The van der Waals surface area contributed by atoms with Crippen LogP contribution >= 0.6 is 48.3 Å². The van der Waals surface area contributed by atoms with Gasteiger partial charge in [0.2, 0.25) is 0 Å². The van der Waals surface area contributed by atoms with E-state index in [1.807, 2.05) is 12.1 Å². The second-order valence-corrected chi connectivity index (χ2v) is 9.80. The highest BCUT2D eigenvalue weighted by molar-refractivity contribution is 7.59. The lowest BCUT2D eigenvalue weighted by Crippen LogP contribution is -2.37. The van der Waals surface area contributed by atoms with Crippen molar-refractivity contribution in [2.24, 2.45) is 5.92 Å². The van der Waals surface area contributed by atoms with Crippen LogP contribution in [0.3, 0.4) is 0 Å². The molecule has 32 heavy (non-hydrogen) atoms. The second-order valence-electron chi connectivity index (χ2n) is 8.59. The third-order valence-corrected chi connectivity index (χ3v) is 7.01. The molecule has 0 radical (unpaired) electrons. The Morgan fingerprint density at radius 2 is 1.72 bits per heavy atom. The largest absolute Gasteiger partial charge is 0.493 e. The van der Waals surface area contributed by atoms with Gasteiger partial charge in [0.25, 0.3) is 5.24 Å². The van der Waals surface area contributed by atoms with Crippen LogP contribution in [0.5, 0.6) is 5.75 Å². The molecule has 0 aromatic heterocycles. The number of hydrogen-bond donors (Lipinski definition) is 0. The summed E-state index contributed by atoms with van der Waals surface area (Å²) in [5.41, 5.74) is 1.94. The molecule has 2 aliphatic rings. The SMILES string of the molecule is C[C@@H](c1cc(Cl)cc(Cl)c1)N1CCC(COc2cc(F)c(C(=O)Cl)cc2C2CC2)CC1.S. The second kappa shape index (κ2) is 11.0. The Labute approximate surface area is 210 Å². The van der Waals surface area contributed by atoms with Crippen LogP contribution in [-0.4, -0.2) is 29.8 Å². The van der Waals surface area contributed by atoms with E-state index in [1.165, 1.54) is 6.07 Å². The first-order chi connectivity index (χ1) is 14.8. The molecule has 174 valence electrons. The maximum atomic E-state index is 14.3. The summed E-state index contributed by atoms with van der Waals surface area (Å²) in [6.07, 6.45) is 4.06. The van der Waals surface area contributed by atoms with Gasteiger partial charge >= 0.3 is 0 Å². The Bertz CT molecular complexity index is 958. The summed E-state index contributed by atoms with van der Waals surface area (Å²) >= 11 is 17.8. The van der Waals surface area contributed by atoms with Crippen LogP contribution in [0.15, 0.2) is 30.3 Å². The van der Waals surface area contributed by atoms with Crippen LogP contribution in [0.25, 0.3) is 0 Å². The summed E-state index contributed by atoms with van der Waals surface area (Å²) in [7, 11) is 0. The van der Waals surface area contributed by atoms with Crippen molar-refractivity contribution in [3.63, 3.8) is 0 Å². The number of benzene rings is 2. The lowest BCUT2D eigenvalue weighted by atomic mass is 9.95. The molecule has 0 N–H and O–H groups in total. The van der Waals surface area contributed by atoms with Crippen molar-refractivity contribution in [3.8, 4) is 5.75 Å². The number of likely N-dealkylation sites (tertiary alicyclic amines) is 1. The lowest BCUT2D eigenvalue weighted by molar-refractivity contribution is 0.107. The molecule has 1 saturated carbocycles. The molecule has 2 aromatic carbocycles. The fraction of sp³-hybridized carbons (Fsp3) is 0.458. The summed E-state index contributed by atoms with van der Waals surface area (Å²) in [6, 6.07) is 8.81. The average molecular weight is 519 g/mol. The molecule has 0 spiro atoms. The maximum Gasteiger partial charge on any atom is 0.255 e. The normalized spacial score (nSPS) is 18.2. The van der Waals surface area contributed by atoms with Gasteiger partial charge in [0.15, 0.2) is 0 Å². The summed E-state index contributed by atoms with van der Waals surface area (Å²) in [6.45, 7) is 4.60. The van der Waals surface area contributed by atoms with E-state index in [0.29, 0.717) is 34.2 Å². The van der Waals surface area contributed by atoms with Gasteiger partial charge in [-0.15, -0.1) is 0 Å². The average Bonchev–Trinajstić information content (AvgIpc) is 3.56. The molecular formula is C24H27Cl3FNO2S. The molecule has 2 fully saturated rings. The molecular weight excluding hydrogens is 492 g/mol. The lowest BCUT2D eigenvalue weighted by Gasteiger charge is -2.36. The Morgan fingerprint density at radius 3 is 2.28 bits per heavy atom. The standard InChI is InChI=1S/C24H25Cl3FNO2.H2S/c1-14(17-8-18(25)10-19(26)9-17)29-6-4-15(5-7-29)13-31-23-12-22(28)21(24(27)30)11-20(23)16-2-3-16;/h8-12,14-16H,2-7,13H2,1H3;1H2/t14-;/m0./s1. The van der Waals surface area contributed by atoms with E-state index < -0.39 is 11.1 Å². The summed E-state index contributed by atoms with van der Waals surface area (Å²) < 4.78 is 20.3. The molecule has 4 rings (SSSR count). The zero-order valence-electron chi connectivity index (χ0n) is 17.8. The number of halogens is 4. The zero-order chi connectivity index (χ0) is 22.1. The van der Waals surface area contributed by atoms with E-state index in [0.717, 1.165) is 49.9 Å². The van der Waals surface area contributed by atoms with Crippen molar-refractivity contribution in [1.82, 2.24) is 4.90 Å². The van der Waals surface area contributed by atoms with Gasteiger partial charge in [-0.1, -0.05) is 23.2 Å². The fourth-order valence-corrected chi connectivity index (χ4v) is 4.99. The number of hydrogen-bond acceptors (Lipinski definition) is 3. The molecule has 1 aliphatic heterocycles. The minimum Gasteiger partial charge on any atom is -0.493 e. The predicted octanol–water partition coefficient (Wildman–Crippen LogP) is 7.35. The topological polar surface area (TPSA) is 29.5 Å². The van der Waals surface area contributed by atoms with E-state index in [4.69, 9.17) is 39.5 Å². The van der Waals surface area contributed by atoms with Crippen molar-refractivity contribution in [3.05, 3.63) is 62.9 Å². The molecule has 1 saturated heterocycles. The van der Waals surface area contributed by atoms with Crippen LogP contribution in [0.4, 0.5) is 4.39 Å². The number of carbonyl (C=O) groups is 1. The minimum absolute atomic E-state index is 0. The van der Waals surface area contributed by atoms with Crippen molar-refractivity contribution >= 4 is 53.5 Å². The first-order valence-electron chi connectivity index (χ1n) is 10.7. The van der Waals surface area contributed by atoms with Gasteiger partial charge in [-0.2, -0.15) is 13.5 Å². The van der Waals surface area contributed by atoms with E-state index in [9.17, 15) is 9.18 Å². The van der Waals surface area contributed by atoms with E-state index in [1.54, 1.807) is 12.1 Å². The van der Waals surface area contributed by atoms with Gasteiger partial charge in [-0.25, -0.2) is 4.39 Å². The summed E-state index contributed by atoms with van der Waals surface area (Å²) in [5.74, 6) is 0.655. The first-order valence-corrected chi connectivity index (χ1v) is 11.8. The Balaban J connectivity index is 0.00000289. The minimum atomic E-state index is -0.770. The van der Waals surface area contributed by atoms with Crippen molar-refractivity contribution in [2.75, 3.05) is 19.7 Å². The first kappa shape index (κ1) is 25.6. The Morgan fingerprint density at radius 1 is 1.09 bits per heavy atom. The molecule has 1 aliphatic carbocycles. The molecule has 0 amide bonds. The summed E-state index contributed by atoms with van der Waals surface area (Å²) in [5, 5.41) is 0.532. The highest BCUT2D eigenvalue weighted by atomic mass is 35.5. The van der Waals surface area contributed by atoms with Crippen molar-refractivity contribution in [1.29, 1.82) is 0 Å². The monoisotopic (exact) mass is 517 g/mol. The highest BCUT2D eigenvalue weighted by Crippen LogP contribution is 2.45. The summed E-state index contributed by atoms with van der Waals surface area (Å²) in [4.78, 5) is 13.9. The molecule has 2 aromatic rings. The zero-order valence-corrected chi connectivity index (χ0v) is 21.1. The number of nitrogens with zero attached hydrogens (tertiary/aromatic N) is 1. The van der Waals surface area contributed by atoms with E-state index >= 15 is 0 Å². The number of piperidine rings is 1. The van der Waals surface area contributed by atoms with Crippen LogP contribution in [0.2, 0.25) is 10.0 Å².